The predicted molar refractivity (Wildman–Crippen MR) is 123 cm³/mol. The lowest BCUT2D eigenvalue weighted by atomic mass is 9.97. The largest absolute Gasteiger partial charge is 0.496 e. The van der Waals surface area contributed by atoms with Gasteiger partial charge in [-0.15, -0.1) is 23.5 Å². The SMILES string of the molecule is CCCCOc1ccc(Cl)c(-c2cc(F)ccc2OC)c1C(=O)N=C(SC)SC. The minimum atomic E-state index is -0.501. The molecule has 0 radical (unpaired) electrons. The number of benzene rings is 2. The van der Waals surface area contributed by atoms with Crippen LogP contribution in [0.1, 0.15) is 30.1 Å². The van der Waals surface area contributed by atoms with Gasteiger partial charge in [0.25, 0.3) is 5.91 Å². The molecule has 8 heteroatoms. The van der Waals surface area contributed by atoms with Gasteiger partial charge in [-0.1, -0.05) is 24.9 Å². The molecule has 0 spiro atoms. The van der Waals surface area contributed by atoms with Crippen molar-refractivity contribution >= 4 is 45.4 Å². The van der Waals surface area contributed by atoms with Gasteiger partial charge in [-0.3, -0.25) is 4.79 Å². The zero-order valence-electron chi connectivity index (χ0n) is 16.8. The third-order valence-electron chi connectivity index (χ3n) is 4.06. The molecular weight excluding hydrogens is 433 g/mol. The number of thioether (sulfide) groups is 2. The topological polar surface area (TPSA) is 47.9 Å². The van der Waals surface area contributed by atoms with Crippen molar-refractivity contribution in [1.29, 1.82) is 0 Å². The molecule has 4 nitrogen and oxygen atoms in total. The van der Waals surface area contributed by atoms with Crippen LogP contribution in [0.15, 0.2) is 35.3 Å². The number of carbonyl (C=O) groups excluding carboxylic acids is 1. The van der Waals surface area contributed by atoms with Crippen LogP contribution in [0.25, 0.3) is 11.1 Å². The second kappa shape index (κ2) is 11.5. The zero-order valence-corrected chi connectivity index (χ0v) is 19.1. The number of methoxy groups -OCH3 is 1. The van der Waals surface area contributed by atoms with Crippen LogP contribution in [0.3, 0.4) is 0 Å². The Morgan fingerprint density at radius 1 is 1.17 bits per heavy atom. The molecule has 1 amide bonds. The van der Waals surface area contributed by atoms with Crippen LogP contribution in [0, 0.1) is 5.82 Å². The average Bonchev–Trinajstić information content (AvgIpc) is 2.72. The van der Waals surface area contributed by atoms with E-state index in [1.54, 1.807) is 12.1 Å². The van der Waals surface area contributed by atoms with Crippen LogP contribution >= 0.6 is 35.1 Å². The minimum absolute atomic E-state index is 0.193. The molecule has 2 aromatic rings. The molecule has 0 aliphatic carbocycles. The Hall–Kier alpha value is -1.70. The van der Waals surface area contributed by atoms with Gasteiger partial charge in [0.2, 0.25) is 0 Å². The molecule has 0 bridgehead atoms. The number of unbranched alkanes of at least 4 members (excludes halogenated alkanes) is 1. The third kappa shape index (κ3) is 5.90. The summed E-state index contributed by atoms with van der Waals surface area (Å²) in [5, 5.41) is 0.283. The van der Waals surface area contributed by atoms with E-state index in [1.807, 2.05) is 19.4 Å². The van der Waals surface area contributed by atoms with Gasteiger partial charge in [0, 0.05) is 16.1 Å². The van der Waals surface area contributed by atoms with Crippen molar-refractivity contribution in [2.24, 2.45) is 4.99 Å². The monoisotopic (exact) mass is 455 g/mol. The molecule has 156 valence electrons. The standard InChI is InChI=1S/C21H23ClFNO3S2/c1-5-6-11-27-17-10-8-15(22)18(14-12-13(23)7-9-16(14)26-2)19(17)20(25)24-21(28-3)29-4/h7-10,12H,5-6,11H2,1-4H3. The second-order valence-electron chi connectivity index (χ2n) is 5.93. The third-order valence-corrected chi connectivity index (χ3v) is 6.25. The first kappa shape index (κ1) is 23.6. The number of carbonyl (C=O) groups is 1. The van der Waals surface area contributed by atoms with Gasteiger partial charge in [0.1, 0.15) is 21.7 Å². The van der Waals surface area contributed by atoms with Crippen LogP contribution in [0.5, 0.6) is 11.5 Å². The van der Waals surface area contributed by atoms with Gasteiger partial charge >= 0.3 is 0 Å². The van der Waals surface area contributed by atoms with Crippen molar-refractivity contribution in [2.75, 3.05) is 26.2 Å². The maximum Gasteiger partial charge on any atom is 0.283 e. The molecule has 0 N–H and O–H groups in total. The lowest BCUT2D eigenvalue weighted by molar-refractivity contribution is 0.1000. The van der Waals surface area contributed by atoms with Crippen molar-refractivity contribution in [3.63, 3.8) is 0 Å². The van der Waals surface area contributed by atoms with Crippen LogP contribution in [0.4, 0.5) is 4.39 Å². The summed E-state index contributed by atoms with van der Waals surface area (Å²) in [5.41, 5.74) is 0.900. The molecule has 0 aliphatic rings. The number of nitrogens with zero attached hydrogens (tertiary/aromatic N) is 1. The fraction of sp³-hybridized carbons (Fsp3) is 0.333. The Bertz CT molecular complexity index is 900. The predicted octanol–water partition coefficient (Wildman–Crippen LogP) is 6.56. The fourth-order valence-electron chi connectivity index (χ4n) is 2.67. The number of hydrogen-bond acceptors (Lipinski definition) is 5. The van der Waals surface area contributed by atoms with E-state index in [-0.39, 0.29) is 10.6 Å². The highest BCUT2D eigenvalue weighted by molar-refractivity contribution is 8.38. The molecule has 2 rings (SSSR count). The number of amides is 1. The summed E-state index contributed by atoms with van der Waals surface area (Å²) in [4.78, 5) is 17.4. The second-order valence-corrected chi connectivity index (χ2v) is 8.19. The Morgan fingerprint density at radius 2 is 1.86 bits per heavy atom. The lowest BCUT2D eigenvalue weighted by Crippen LogP contribution is -2.08. The zero-order chi connectivity index (χ0) is 21.4. The van der Waals surface area contributed by atoms with E-state index in [1.165, 1.54) is 48.8 Å². The molecule has 0 fully saturated rings. The Balaban J connectivity index is 2.75. The van der Waals surface area contributed by atoms with E-state index in [2.05, 4.69) is 4.99 Å². The van der Waals surface area contributed by atoms with Gasteiger partial charge in [-0.05, 0) is 49.3 Å². The van der Waals surface area contributed by atoms with Crippen molar-refractivity contribution in [3.8, 4) is 22.6 Å². The molecule has 0 unspecified atom stereocenters. The van der Waals surface area contributed by atoms with Crippen molar-refractivity contribution < 1.29 is 18.7 Å². The van der Waals surface area contributed by atoms with Gasteiger partial charge in [-0.2, -0.15) is 4.99 Å². The normalized spacial score (nSPS) is 10.6. The quantitative estimate of drug-likeness (QED) is 0.269. The number of rotatable bonds is 7. The van der Waals surface area contributed by atoms with Crippen LogP contribution in [-0.4, -0.2) is 36.5 Å². The van der Waals surface area contributed by atoms with Crippen LogP contribution in [-0.2, 0) is 0 Å². The van der Waals surface area contributed by atoms with E-state index in [9.17, 15) is 9.18 Å². The molecule has 0 heterocycles. The smallest absolute Gasteiger partial charge is 0.283 e. The Morgan fingerprint density at radius 3 is 2.48 bits per heavy atom. The van der Waals surface area contributed by atoms with E-state index >= 15 is 0 Å². The van der Waals surface area contributed by atoms with Gasteiger partial charge < -0.3 is 9.47 Å². The van der Waals surface area contributed by atoms with Gasteiger partial charge in [0.05, 0.1) is 19.3 Å². The van der Waals surface area contributed by atoms with Crippen molar-refractivity contribution in [3.05, 3.63) is 46.7 Å². The van der Waals surface area contributed by atoms with Crippen LogP contribution < -0.4 is 9.47 Å². The highest BCUT2D eigenvalue weighted by Crippen LogP contribution is 2.42. The van der Waals surface area contributed by atoms with E-state index in [0.717, 1.165) is 12.8 Å². The molecule has 0 saturated heterocycles. The van der Waals surface area contributed by atoms with Crippen molar-refractivity contribution in [2.45, 2.75) is 19.8 Å². The summed E-state index contributed by atoms with van der Waals surface area (Å²) in [6, 6.07) is 7.36. The number of ether oxygens (including phenoxy) is 2. The highest BCUT2D eigenvalue weighted by atomic mass is 35.5. The van der Waals surface area contributed by atoms with E-state index < -0.39 is 11.7 Å². The molecule has 0 saturated carbocycles. The lowest BCUT2D eigenvalue weighted by Gasteiger charge is -2.17. The Labute approximate surface area is 184 Å². The first-order chi connectivity index (χ1) is 14.0. The van der Waals surface area contributed by atoms with Gasteiger partial charge in [-0.25, -0.2) is 4.39 Å². The van der Waals surface area contributed by atoms with Crippen LogP contribution in [0.2, 0.25) is 5.02 Å². The molecule has 29 heavy (non-hydrogen) atoms. The molecule has 2 aromatic carbocycles. The fourth-order valence-corrected chi connectivity index (χ4v) is 3.94. The number of halogens is 2. The molecule has 0 atom stereocenters. The summed E-state index contributed by atoms with van der Waals surface area (Å²) < 4.78 is 25.9. The maximum atomic E-state index is 14.1. The number of aliphatic imine (C=N–C) groups is 1. The Kier molecular flexibility index (Phi) is 9.33. The number of hydrogen-bond donors (Lipinski definition) is 0. The summed E-state index contributed by atoms with van der Waals surface area (Å²) in [6.07, 6.45) is 5.47. The first-order valence-corrected chi connectivity index (χ1v) is 11.8. The summed E-state index contributed by atoms with van der Waals surface area (Å²) in [6.45, 7) is 2.49. The van der Waals surface area contributed by atoms with Gasteiger partial charge in [0.15, 0.2) is 0 Å². The van der Waals surface area contributed by atoms with E-state index in [4.69, 9.17) is 21.1 Å². The minimum Gasteiger partial charge on any atom is -0.496 e. The van der Waals surface area contributed by atoms with Crippen molar-refractivity contribution in [1.82, 2.24) is 0 Å². The highest BCUT2D eigenvalue weighted by Gasteiger charge is 2.24. The summed E-state index contributed by atoms with van der Waals surface area (Å²) in [5.74, 6) is -0.213. The summed E-state index contributed by atoms with van der Waals surface area (Å²) >= 11 is 9.22. The molecular formula is C21H23ClFNO3S2. The maximum absolute atomic E-state index is 14.1. The molecule has 0 aromatic heterocycles. The van der Waals surface area contributed by atoms with E-state index in [0.29, 0.717) is 33.6 Å². The molecule has 0 aliphatic heterocycles. The average molecular weight is 456 g/mol. The summed E-state index contributed by atoms with van der Waals surface area (Å²) in [7, 11) is 1.48. The first-order valence-electron chi connectivity index (χ1n) is 8.97.